The molecule has 30 heavy (non-hydrogen) atoms. The fraction of sp³-hybridized carbons (Fsp3) is 0.348. The third-order valence-corrected chi connectivity index (χ3v) is 5.66. The number of rotatable bonds is 5. The van der Waals surface area contributed by atoms with Crippen molar-refractivity contribution in [3.8, 4) is 0 Å². The number of carbonyl (C=O) groups excluding carboxylic acids is 2. The fourth-order valence-electron chi connectivity index (χ4n) is 3.82. The number of nitrogens with one attached hydrogen (secondary N) is 1. The molecule has 0 unspecified atom stereocenters. The summed E-state index contributed by atoms with van der Waals surface area (Å²) in [6.45, 7) is 2.84. The first-order valence-electron chi connectivity index (χ1n) is 10.2. The van der Waals surface area contributed by atoms with Gasteiger partial charge >= 0.3 is 6.03 Å². The van der Waals surface area contributed by atoms with Crippen molar-refractivity contribution < 1.29 is 14.3 Å². The molecule has 0 atom stereocenters. The van der Waals surface area contributed by atoms with E-state index in [2.05, 4.69) is 22.4 Å². The van der Waals surface area contributed by atoms with Crippen LogP contribution in [0, 0.1) is 0 Å². The number of hydrogen-bond acceptors (Lipinski definition) is 4. The Kier molecular flexibility index (Phi) is 6.09. The van der Waals surface area contributed by atoms with Gasteiger partial charge in [-0.1, -0.05) is 24.3 Å². The molecule has 0 aliphatic carbocycles. The van der Waals surface area contributed by atoms with Gasteiger partial charge in [0.25, 0.3) is 0 Å². The molecular weight excluding hydrogens is 380 g/mol. The highest BCUT2D eigenvalue weighted by Gasteiger charge is 2.31. The standard InChI is InChI=1S/C23H26N4O3/c1-30-16-22(28)26-11-8-18(9-12-26)17-4-6-21(7-5-17)25-23(29)27-14-20(15-27)19-3-2-10-24-13-19/h2-8,10,13,20H,9,11-12,14-16H2,1H3,(H,25,29). The number of nitrogens with zero attached hydrogens (tertiary/aromatic N) is 3. The van der Waals surface area contributed by atoms with Crippen LogP contribution in [0.2, 0.25) is 0 Å². The molecule has 1 N–H and O–H groups in total. The van der Waals surface area contributed by atoms with Gasteiger partial charge in [0, 0.05) is 57.3 Å². The van der Waals surface area contributed by atoms with Crippen LogP contribution in [0.1, 0.15) is 23.5 Å². The second kappa shape index (κ2) is 9.09. The molecule has 156 valence electrons. The number of carbonyl (C=O) groups is 2. The molecule has 0 bridgehead atoms. The molecular formula is C23H26N4O3. The van der Waals surface area contributed by atoms with Crippen molar-refractivity contribution in [1.82, 2.24) is 14.8 Å². The Labute approximate surface area is 176 Å². The number of anilines is 1. The third-order valence-electron chi connectivity index (χ3n) is 5.66. The number of methoxy groups -OCH3 is 1. The van der Waals surface area contributed by atoms with Crippen LogP contribution in [0.3, 0.4) is 0 Å². The Hall–Kier alpha value is -3.19. The SMILES string of the molecule is COCC(=O)N1CC=C(c2ccc(NC(=O)N3CC(c4cccnc4)C3)cc2)CC1. The lowest BCUT2D eigenvalue weighted by Gasteiger charge is -2.39. The van der Waals surface area contributed by atoms with Gasteiger partial charge in [-0.15, -0.1) is 0 Å². The minimum Gasteiger partial charge on any atom is -0.375 e. The number of likely N-dealkylation sites (tertiary alicyclic amines) is 1. The van der Waals surface area contributed by atoms with Crippen molar-refractivity contribution >= 4 is 23.2 Å². The van der Waals surface area contributed by atoms with Crippen LogP contribution in [0.5, 0.6) is 0 Å². The van der Waals surface area contributed by atoms with Crippen LogP contribution < -0.4 is 5.32 Å². The smallest absolute Gasteiger partial charge is 0.321 e. The molecule has 2 aromatic rings. The summed E-state index contributed by atoms with van der Waals surface area (Å²) in [5.41, 5.74) is 4.29. The van der Waals surface area contributed by atoms with Gasteiger partial charge in [0.1, 0.15) is 6.61 Å². The Morgan fingerprint density at radius 1 is 1.17 bits per heavy atom. The number of urea groups is 1. The van der Waals surface area contributed by atoms with Gasteiger partial charge in [-0.2, -0.15) is 0 Å². The van der Waals surface area contributed by atoms with E-state index >= 15 is 0 Å². The van der Waals surface area contributed by atoms with Crippen molar-refractivity contribution in [1.29, 1.82) is 0 Å². The predicted molar refractivity (Wildman–Crippen MR) is 115 cm³/mol. The zero-order valence-electron chi connectivity index (χ0n) is 17.1. The lowest BCUT2D eigenvalue weighted by atomic mass is 9.93. The van der Waals surface area contributed by atoms with E-state index in [1.807, 2.05) is 36.5 Å². The quantitative estimate of drug-likeness (QED) is 0.828. The van der Waals surface area contributed by atoms with Crippen LogP contribution in [-0.2, 0) is 9.53 Å². The van der Waals surface area contributed by atoms with Crippen LogP contribution in [-0.4, -0.2) is 66.6 Å². The second-order valence-corrected chi connectivity index (χ2v) is 7.65. The molecule has 7 heteroatoms. The van der Waals surface area contributed by atoms with E-state index in [1.54, 1.807) is 16.0 Å². The van der Waals surface area contributed by atoms with Crippen LogP contribution in [0.15, 0.2) is 54.9 Å². The Morgan fingerprint density at radius 2 is 1.97 bits per heavy atom. The summed E-state index contributed by atoms with van der Waals surface area (Å²) >= 11 is 0. The average molecular weight is 406 g/mol. The number of amides is 3. The van der Waals surface area contributed by atoms with Crippen molar-refractivity contribution in [2.75, 3.05) is 45.2 Å². The summed E-state index contributed by atoms with van der Waals surface area (Å²) in [5.74, 6) is 0.378. The summed E-state index contributed by atoms with van der Waals surface area (Å²) in [6.07, 6.45) is 6.52. The largest absolute Gasteiger partial charge is 0.375 e. The third kappa shape index (κ3) is 4.52. The van der Waals surface area contributed by atoms with Gasteiger partial charge in [0.15, 0.2) is 0 Å². The zero-order valence-corrected chi connectivity index (χ0v) is 17.1. The highest BCUT2D eigenvalue weighted by Crippen LogP contribution is 2.27. The summed E-state index contributed by atoms with van der Waals surface area (Å²) in [6, 6.07) is 11.8. The first-order valence-corrected chi connectivity index (χ1v) is 10.2. The molecule has 3 amide bonds. The highest BCUT2D eigenvalue weighted by molar-refractivity contribution is 5.90. The molecule has 1 aromatic carbocycles. The molecule has 0 radical (unpaired) electrons. The van der Waals surface area contributed by atoms with Crippen LogP contribution in [0.4, 0.5) is 10.5 Å². The normalized spacial score (nSPS) is 16.6. The number of aromatic nitrogens is 1. The zero-order chi connectivity index (χ0) is 20.9. The van der Waals surface area contributed by atoms with E-state index in [-0.39, 0.29) is 18.5 Å². The van der Waals surface area contributed by atoms with Gasteiger partial charge in [-0.25, -0.2) is 4.79 Å². The predicted octanol–water partition coefficient (Wildman–Crippen LogP) is 2.98. The average Bonchev–Trinajstić information content (AvgIpc) is 2.74. The van der Waals surface area contributed by atoms with Gasteiger partial charge in [0.2, 0.25) is 5.91 Å². The lowest BCUT2D eigenvalue weighted by Crippen LogP contribution is -2.50. The maximum atomic E-state index is 12.5. The minimum absolute atomic E-state index is 0.0163. The van der Waals surface area contributed by atoms with Gasteiger partial charge < -0.3 is 19.9 Å². The molecule has 2 aliphatic rings. The van der Waals surface area contributed by atoms with E-state index in [0.717, 1.165) is 17.7 Å². The Morgan fingerprint density at radius 3 is 2.60 bits per heavy atom. The highest BCUT2D eigenvalue weighted by atomic mass is 16.5. The van der Waals surface area contributed by atoms with Gasteiger partial charge in [-0.3, -0.25) is 9.78 Å². The Balaban J connectivity index is 1.28. The fourth-order valence-corrected chi connectivity index (χ4v) is 3.82. The molecule has 4 rings (SSSR count). The molecule has 0 saturated carbocycles. The van der Waals surface area contributed by atoms with Crippen LogP contribution in [0.25, 0.3) is 5.57 Å². The summed E-state index contributed by atoms with van der Waals surface area (Å²) in [5, 5.41) is 2.97. The maximum absolute atomic E-state index is 12.5. The van der Waals surface area contributed by atoms with E-state index in [4.69, 9.17) is 4.74 Å². The monoisotopic (exact) mass is 406 g/mol. The van der Waals surface area contributed by atoms with E-state index in [1.165, 1.54) is 18.2 Å². The second-order valence-electron chi connectivity index (χ2n) is 7.65. The first-order chi connectivity index (χ1) is 14.6. The molecule has 1 saturated heterocycles. The number of hydrogen-bond donors (Lipinski definition) is 1. The molecule has 1 fully saturated rings. The molecule has 7 nitrogen and oxygen atoms in total. The topological polar surface area (TPSA) is 74.8 Å². The number of ether oxygens (including phenoxy) is 1. The Bertz CT molecular complexity index is 921. The van der Waals surface area contributed by atoms with Gasteiger partial charge in [0.05, 0.1) is 0 Å². The molecule has 0 spiro atoms. The van der Waals surface area contributed by atoms with E-state index in [9.17, 15) is 9.59 Å². The van der Waals surface area contributed by atoms with E-state index in [0.29, 0.717) is 32.1 Å². The molecule has 3 heterocycles. The first kappa shape index (κ1) is 20.1. The maximum Gasteiger partial charge on any atom is 0.321 e. The lowest BCUT2D eigenvalue weighted by molar-refractivity contribution is -0.134. The van der Waals surface area contributed by atoms with Gasteiger partial charge in [-0.05, 0) is 41.3 Å². The minimum atomic E-state index is -0.0768. The summed E-state index contributed by atoms with van der Waals surface area (Å²) < 4.78 is 4.92. The van der Waals surface area contributed by atoms with E-state index < -0.39 is 0 Å². The molecule has 1 aromatic heterocycles. The number of benzene rings is 1. The van der Waals surface area contributed by atoms with Crippen LogP contribution >= 0.6 is 0 Å². The number of pyridine rings is 1. The van der Waals surface area contributed by atoms with Crippen molar-refractivity contribution in [2.24, 2.45) is 0 Å². The van der Waals surface area contributed by atoms with Crippen molar-refractivity contribution in [2.45, 2.75) is 12.3 Å². The summed E-state index contributed by atoms with van der Waals surface area (Å²) in [4.78, 5) is 32.1. The van der Waals surface area contributed by atoms with Crippen molar-refractivity contribution in [3.05, 3.63) is 66.0 Å². The molecule has 2 aliphatic heterocycles. The van der Waals surface area contributed by atoms with Crippen molar-refractivity contribution in [3.63, 3.8) is 0 Å². The summed E-state index contributed by atoms with van der Waals surface area (Å²) in [7, 11) is 1.53.